The molecule has 0 saturated carbocycles. The molecule has 0 aliphatic heterocycles. The van der Waals surface area contributed by atoms with Crippen LogP contribution < -0.4 is 5.63 Å². The van der Waals surface area contributed by atoms with E-state index in [0.717, 1.165) is 16.3 Å². The molecule has 4 rings (SSSR count). The van der Waals surface area contributed by atoms with E-state index in [1.165, 1.54) is 12.1 Å². The zero-order valence-corrected chi connectivity index (χ0v) is 14.2. The van der Waals surface area contributed by atoms with Crippen LogP contribution in [0.1, 0.15) is 26.3 Å². The molecule has 0 aliphatic rings. The lowest BCUT2D eigenvalue weighted by Gasteiger charge is -2.16. The van der Waals surface area contributed by atoms with Gasteiger partial charge in [-0.25, -0.2) is 9.18 Å². The van der Waals surface area contributed by atoms with E-state index in [1.54, 1.807) is 30.5 Å². The zero-order chi connectivity index (χ0) is 17.8. The van der Waals surface area contributed by atoms with Crippen molar-refractivity contribution >= 4 is 21.9 Å². The topological polar surface area (TPSA) is 43.4 Å². The molecule has 2 heterocycles. The fraction of sp³-hybridized carbons (Fsp3) is 0.190. The monoisotopic (exact) mass is 336 g/mol. The Bertz CT molecular complexity index is 1140. The number of rotatable bonds is 1. The van der Waals surface area contributed by atoms with E-state index in [1.807, 2.05) is 6.07 Å². The third-order valence-electron chi connectivity index (χ3n) is 4.39. The summed E-state index contributed by atoms with van der Waals surface area (Å²) in [7, 11) is 0. The van der Waals surface area contributed by atoms with Crippen LogP contribution in [0.2, 0.25) is 0 Å². The number of hydrogen-bond donors (Lipinski definition) is 0. The van der Waals surface area contributed by atoms with Gasteiger partial charge in [-0.1, -0.05) is 32.9 Å². The number of fused-ring (bicyclic) bond motifs is 2. The van der Waals surface area contributed by atoms with Crippen LogP contribution in [0, 0.1) is 5.82 Å². The van der Waals surface area contributed by atoms with Crippen molar-refractivity contribution in [2.24, 2.45) is 0 Å². The molecule has 0 bridgehead atoms. The summed E-state index contributed by atoms with van der Waals surface area (Å²) in [5.74, 6) is -0.344. The second-order valence-electron chi connectivity index (χ2n) is 7.24. The molecule has 0 unspecified atom stereocenters. The van der Waals surface area contributed by atoms with Gasteiger partial charge in [-0.05, 0) is 35.2 Å². The second-order valence-corrected chi connectivity index (χ2v) is 7.24. The first-order chi connectivity index (χ1) is 11.8. The van der Waals surface area contributed by atoms with Gasteiger partial charge in [0.25, 0.3) is 0 Å². The molecule has 2 aromatic carbocycles. The molecular formula is C21H17FO3. The van der Waals surface area contributed by atoms with Gasteiger partial charge in [0.05, 0.1) is 11.8 Å². The maximum absolute atomic E-state index is 13.1. The molecule has 0 N–H and O–H groups in total. The first-order valence-corrected chi connectivity index (χ1v) is 8.08. The Morgan fingerprint density at radius 1 is 0.960 bits per heavy atom. The zero-order valence-electron chi connectivity index (χ0n) is 14.2. The first kappa shape index (κ1) is 15.6. The van der Waals surface area contributed by atoms with Crippen LogP contribution in [0.15, 0.2) is 62.4 Å². The van der Waals surface area contributed by atoms with Crippen LogP contribution >= 0.6 is 0 Å². The van der Waals surface area contributed by atoms with E-state index in [-0.39, 0.29) is 11.2 Å². The number of furan rings is 1. The van der Waals surface area contributed by atoms with E-state index < -0.39 is 5.63 Å². The van der Waals surface area contributed by atoms with Crippen molar-refractivity contribution in [2.45, 2.75) is 26.2 Å². The fourth-order valence-corrected chi connectivity index (χ4v) is 3.05. The van der Waals surface area contributed by atoms with Crippen LogP contribution in [-0.2, 0) is 5.41 Å². The van der Waals surface area contributed by atoms with Gasteiger partial charge in [-0.2, -0.15) is 0 Å². The SMILES string of the molecule is CC(C)(C)c1coc2cc3oc(=O)c(-c4ccc(F)cc4)cc3cc12. The van der Waals surface area contributed by atoms with Gasteiger partial charge in [-0.3, -0.25) is 0 Å². The lowest BCUT2D eigenvalue weighted by Crippen LogP contribution is -2.09. The lowest BCUT2D eigenvalue weighted by atomic mass is 9.86. The highest BCUT2D eigenvalue weighted by atomic mass is 19.1. The third kappa shape index (κ3) is 2.64. The molecule has 25 heavy (non-hydrogen) atoms. The summed E-state index contributed by atoms with van der Waals surface area (Å²) in [6.45, 7) is 6.36. The highest BCUT2D eigenvalue weighted by Gasteiger charge is 2.20. The Morgan fingerprint density at radius 3 is 2.36 bits per heavy atom. The van der Waals surface area contributed by atoms with E-state index >= 15 is 0 Å². The highest BCUT2D eigenvalue weighted by molar-refractivity contribution is 5.96. The molecule has 4 aromatic rings. The minimum Gasteiger partial charge on any atom is -0.464 e. The molecule has 0 fully saturated rings. The lowest BCUT2D eigenvalue weighted by molar-refractivity contribution is 0.554. The number of halogens is 1. The van der Waals surface area contributed by atoms with Crippen molar-refractivity contribution in [3.63, 3.8) is 0 Å². The van der Waals surface area contributed by atoms with Crippen LogP contribution in [0.4, 0.5) is 4.39 Å². The summed E-state index contributed by atoms with van der Waals surface area (Å²) < 4.78 is 24.3. The van der Waals surface area contributed by atoms with Crippen LogP contribution in [0.3, 0.4) is 0 Å². The molecule has 0 spiro atoms. The molecule has 0 atom stereocenters. The van der Waals surface area contributed by atoms with Crippen molar-refractivity contribution in [1.82, 2.24) is 0 Å². The molecule has 0 aliphatic carbocycles. The molecule has 0 amide bonds. The van der Waals surface area contributed by atoms with Gasteiger partial charge >= 0.3 is 5.63 Å². The van der Waals surface area contributed by atoms with E-state index in [4.69, 9.17) is 8.83 Å². The van der Waals surface area contributed by atoms with Gasteiger partial charge in [0.15, 0.2) is 0 Å². The number of benzene rings is 2. The largest absolute Gasteiger partial charge is 0.464 e. The van der Waals surface area contributed by atoms with Gasteiger partial charge in [0.2, 0.25) is 0 Å². The smallest absolute Gasteiger partial charge is 0.344 e. The Kier molecular flexibility index (Phi) is 3.32. The minimum atomic E-state index is -0.457. The van der Waals surface area contributed by atoms with E-state index in [2.05, 4.69) is 20.8 Å². The van der Waals surface area contributed by atoms with Crippen LogP contribution in [0.25, 0.3) is 33.1 Å². The van der Waals surface area contributed by atoms with E-state index in [9.17, 15) is 9.18 Å². The van der Waals surface area contributed by atoms with E-state index in [0.29, 0.717) is 22.3 Å². The predicted octanol–water partition coefficient (Wildman–Crippen LogP) is 5.64. The Morgan fingerprint density at radius 2 is 1.68 bits per heavy atom. The molecule has 0 saturated heterocycles. The molecule has 3 nitrogen and oxygen atoms in total. The van der Waals surface area contributed by atoms with Crippen molar-refractivity contribution < 1.29 is 13.2 Å². The normalized spacial score (nSPS) is 12.2. The summed E-state index contributed by atoms with van der Waals surface area (Å²) in [5.41, 5.74) is 2.77. The van der Waals surface area contributed by atoms with Gasteiger partial charge in [-0.15, -0.1) is 0 Å². The van der Waals surface area contributed by atoms with Gasteiger partial charge < -0.3 is 8.83 Å². The highest BCUT2D eigenvalue weighted by Crippen LogP contribution is 2.34. The van der Waals surface area contributed by atoms with Gasteiger partial charge in [0, 0.05) is 22.4 Å². The Balaban J connectivity index is 1.98. The standard InChI is InChI=1S/C21H17FO3/c1-21(2,3)17-11-24-19-10-18-13(9-16(17)19)8-15(20(23)25-18)12-4-6-14(22)7-5-12/h4-11H,1-3H3. The van der Waals surface area contributed by atoms with Crippen molar-refractivity contribution in [3.8, 4) is 11.1 Å². The Hall–Kier alpha value is -2.88. The quantitative estimate of drug-likeness (QED) is 0.422. The molecular weight excluding hydrogens is 319 g/mol. The summed E-state index contributed by atoms with van der Waals surface area (Å²) in [6.07, 6.45) is 1.75. The predicted molar refractivity (Wildman–Crippen MR) is 96.4 cm³/mol. The third-order valence-corrected chi connectivity index (χ3v) is 4.39. The van der Waals surface area contributed by atoms with Crippen molar-refractivity contribution in [2.75, 3.05) is 0 Å². The average Bonchev–Trinajstić information content (AvgIpc) is 2.96. The number of hydrogen-bond acceptors (Lipinski definition) is 3. The second kappa shape index (κ2) is 5.31. The van der Waals surface area contributed by atoms with Crippen molar-refractivity contribution in [3.05, 3.63) is 70.5 Å². The first-order valence-electron chi connectivity index (χ1n) is 8.08. The molecule has 126 valence electrons. The fourth-order valence-electron chi connectivity index (χ4n) is 3.05. The average molecular weight is 336 g/mol. The maximum Gasteiger partial charge on any atom is 0.344 e. The minimum absolute atomic E-state index is 0.0612. The maximum atomic E-state index is 13.1. The summed E-state index contributed by atoms with van der Waals surface area (Å²) in [4.78, 5) is 12.3. The molecule has 4 heteroatoms. The van der Waals surface area contributed by atoms with Crippen LogP contribution in [0.5, 0.6) is 0 Å². The van der Waals surface area contributed by atoms with Gasteiger partial charge in [0.1, 0.15) is 17.0 Å². The summed E-state index contributed by atoms with van der Waals surface area (Å²) >= 11 is 0. The summed E-state index contributed by atoms with van der Waals surface area (Å²) in [6, 6.07) is 11.3. The van der Waals surface area contributed by atoms with Crippen molar-refractivity contribution in [1.29, 1.82) is 0 Å². The van der Waals surface area contributed by atoms with Crippen LogP contribution in [-0.4, -0.2) is 0 Å². The molecule has 0 radical (unpaired) electrons. The molecule has 2 aromatic heterocycles. The summed E-state index contributed by atoms with van der Waals surface area (Å²) in [5, 5.41) is 1.80. The Labute approximate surface area is 143 Å².